The number of carbonyl (C=O) groups is 1. The van der Waals surface area contributed by atoms with Gasteiger partial charge in [0.15, 0.2) is 0 Å². The molecule has 0 aliphatic heterocycles. The third-order valence-corrected chi connectivity index (χ3v) is 2.67. The summed E-state index contributed by atoms with van der Waals surface area (Å²) in [5.74, 6) is -1.000. The first-order chi connectivity index (χ1) is 8.66. The van der Waals surface area contributed by atoms with Crippen LogP contribution in [0.3, 0.4) is 0 Å². The van der Waals surface area contributed by atoms with Gasteiger partial charge in [0.05, 0.1) is 0 Å². The van der Waals surface area contributed by atoms with Crippen molar-refractivity contribution in [2.45, 2.75) is 12.5 Å². The Morgan fingerprint density at radius 1 is 1.22 bits per heavy atom. The van der Waals surface area contributed by atoms with E-state index in [0.29, 0.717) is 0 Å². The molecule has 0 spiro atoms. The number of carboxylic acids is 1. The van der Waals surface area contributed by atoms with Crippen molar-refractivity contribution in [2.75, 3.05) is 0 Å². The lowest BCUT2D eigenvalue weighted by Gasteiger charge is -2.07. The van der Waals surface area contributed by atoms with E-state index in [0.717, 1.165) is 16.7 Å². The third kappa shape index (κ3) is 2.93. The van der Waals surface area contributed by atoms with Crippen molar-refractivity contribution in [1.82, 2.24) is 4.98 Å². The van der Waals surface area contributed by atoms with E-state index in [-0.39, 0.29) is 6.42 Å². The van der Waals surface area contributed by atoms with Crippen molar-refractivity contribution in [2.24, 2.45) is 5.73 Å². The first-order valence-electron chi connectivity index (χ1n) is 5.64. The Morgan fingerprint density at radius 3 is 2.61 bits per heavy atom. The zero-order valence-electron chi connectivity index (χ0n) is 9.78. The number of hydrogen-bond donors (Lipinski definition) is 2. The molecular weight excluding hydrogens is 228 g/mol. The quantitative estimate of drug-likeness (QED) is 0.855. The van der Waals surface area contributed by atoms with Crippen LogP contribution in [0.1, 0.15) is 5.56 Å². The molecule has 1 atom stereocenters. The van der Waals surface area contributed by atoms with E-state index in [1.807, 2.05) is 36.4 Å². The van der Waals surface area contributed by atoms with Crippen LogP contribution in [-0.2, 0) is 11.2 Å². The molecule has 1 aromatic carbocycles. The lowest BCUT2D eigenvalue weighted by molar-refractivity contribution is -0.138. The van der Waals surface area contributed by atoms with Gasteiger partial charge in [0.1, 0.15) is 6.04 Å². The number of nitrogens with two attached hydrogens (primary N) is 1. The predicted octanol–water partition coefficient (Wildman–Crippen LogP) is 1.70. The maximum Gasteiger partial charge on any atom is 0.320 e. The Kier molecular flexibility index (Phi) is 3.69. The summed E-state index contributed by atoms with van der Waals surface area (Å²) in [4.78, 5) is 14.8. The summed E-state index contributed by atoms with van der Waals surface area (Å²) >= 11 is 0. The largest absolute Gasteiger partial charge is 0.480 e. The summed E-state index contributed by atoms with van der Waals surface area (Å²) in [6.45, 7) is 0. The Morgan fingerprint density at radius 2 is 1.94 bits per heavy atom. The van der Waals surface area contributed by atoms with Gasteiger partial charge >= 0.3 is 5.97 Å². The molecule has 0 aliphatic rings. The van der Waals surface area contributed by atoms with Gasteiger partial charge in [-0.1, -0.05) is 30.3 Å². The zero-order chi connectivity index (χ0) is 13.0. The molecule has 18 heavy (non-hydrogen) atoms. The van der Waals surface area contributed by atoms with E-state index in [9.17, 15) is 4.79 Å². The Balaban J connectivity index is 2.23. The van der Waals surface area contributed by atoms with E-state index in [4.69, 9.17) is 10.8 Å². The molecule has 4 nitrogen and oxygen atoms in total. The van der Waals surface area contributed by atoms with Gasteiger partial charge in [0.25, 0.3) is 0 Å². The fourth-order valence-corrected chi connectivity index (χ4v) is 1.73. The lowest BCUT2D eigenvalue weighted by Crippen LogP contribution is -2.32. The van der Waals surface area contributed by atoms with Gasteiger partial charge in [-0.15, -0.1) is 0 Å². The molecule has 0 saturated carbocycles. The van der Waals surface area contributed by atoms with Gasteiger partial charge in [0.2, 0.25) is 0 Å². The zero-order valence-corrected chi connectivity index (χ0v) is 9.78. The Labute approximate surface area is 105 Å². The topological polar surface area (TPSA) is 76.2 Å². The summed E-state index contributed by atoms with van der Waals surface area (Å²) in [6, 6.07) is 10.8. The summed E-state index contributed by atoms with van der Waals surface area (Å²) in [6.07, 6.45) is 3.68. The molecule has 0 radical (unpaired) electrons. The summed E-state index contributed by atoms with van der Waals surface area (Å²) in [5, 5.41) is 8.78. The molecular formula is C14H14N2O2. The molecule has 3 N–H and O–H groups in total. The van der Waals surface area contributed by atoms with Gasteiger partial charge in [-0.25, -0.2) is 0 Å². The second kappa shape index (κ2) is 5.42. The first-order valence-corrected chi connectivity index (χ1v) is 5.64. The maximum atomic E-state index is 10.7. The fraction of sp³-hybridized carbons (Fsp3) is 0.143. The average Bonchev–Trinajstić information content (AvgIpc) is 2.40. The summed E-state index contributed by atoms with van der Waals surface area (Å²) in [7, 11) is 0. The van der Waals surface area contributed by atoms with Gasteiger partial charge in [-0.05, 0) is 23.6 Å². The van der Waals surface area contributed by atoms with E-state index < -0.39 is 12.0 Å². The molecule has 0 fully saturated rings. The van der Waals surface area contributed by atoms with Gasteiger partial charge < -0.3 is 10.8 Å². The number of pyridine rings is 1. The Bertz CT molecular complexity index is 541. The molecule has 92 valence electrons. The van der Waals surface area contributed by atoms with Crippen molar-refractivity contribution in [3.05, 3.63) is 54.4 Å². The lowest BCUT2D eigenvalue weighted by atomic mass is 10.0. The molecule has 0 saturated heterocycles. The van der Waals surface area contributed by atoms with Gasteiger partial charge in [-0.2, -0.15) is 0 Å². The fourth-order valence-electron chi connectivity index (χ4n) is 1.73. The van der Waals surface area contributed by atoms with Crippen LogP contribution >= 0.6 is 0 Å². The standard InChI is InChI=1S/C14H14N2O2/c15-13(14(17)18)7-10-6-12(9-16-8-10)11-4-2-1-3-5-11/h1-6,8-9,13H,7,15H2,(H,17,18)/t13-/m1/s1. The minimum absolute atomic E-state index is 0.281. The number of rotatable bonds is 4. The van der Waals surface area contributed by atoms with Crippen molar-refractivity contribution >= 4 is 5.97 Å². The second-order valence-electron chi connectivity index (χ2n) is 4.10. The highest BCUT2D eigenvalue weighted by molar-refractivity contribution is 5.73. The second-order valence-corrected chi connectivity index (χ2v) is 4.10. The third-order valence-electron chi connectivity index (χ3n) is 2.67. The van der Waals surface area contributed by atoms with Gasteiger partial charge in [0, 0.05) is 18.0 Å². The van der Waals surface area contributed by atoms with E-state index >= 15 is 0 Å². The molecule has 0 unspecified atom stereocenters. The number of nitrogens with zero attached hydrogens (tertiary/aromatic N) is 1. The van der Waals surface area contributed by atoms with Crippen LogP contribution in [0.25, 0.3) is 11.1 Å². The number of benzene rings is 1. The maximum absolute atomic E-state index is 10.7. The summed E-state index contributed by atoms with van der Waals surface area (Å²) < 4.78 is 0. The summed E-state index contributed by atoms with van der Waals surface area (Å²) in [5.41, 5.74) is 8.35. The van der Waals surface area contributed by atoms with Crippen LogP contribution < -0.4 is 5.73 Å². The van der Waals surface area contributed by atoms with Crippen molar-refractivity contribution in [1.29, 1.82) is 0 Å². The first kappa shape index (κ1) is 12.3. The van der Waals surface area contributed by atoms with Crippen LogP contribution in [0.15, 0.2) is 48.8 Å². The molecule has 0 aliphatic carbocycles. The minimum atomic E-state index is -1.000. The molecule has 0 bridgehead atoms. The van der Waals surface area contributed by atoms with Crippen molar-refractivity contribution < 1.29 is 9.90 Å². The highest BCUT2D eigenvalue weighted by Crippen LogP contribution is 2.19. The van der Waals surface area contributed by atoms with Crippen LogP contribution in [0.4, 0.5) is 0 Å². The molecule has 2 rings (SSSR count). The number of aromatic nitrogens is 1. The van der Waals surface area contributed by atoms with Crippen molar-refractivity contribution in [3.63, 3.8) is 0 Å². The Hall–Kier alpha value is -2.20. The average molecular weight is 242 g/mol. The number of hydrogen-bond acceptors (Lipinski definition) is 3. The highest BCUT2D eigenvalue weighted by Gasteiger charge is 2.12. The normalized spacial score (nSPS) is 12.1. The molecule has 1 heterocycles. The highest BCUT2D eigenvalue weighted by atomic mass is 16.4. The van der Waals surface area contributed by atoms with Crippen molar-refractivity contribution in [3.8, 4) is 11.1 Å². The van der Waals surface area contributed by atoms with Crippen LogP contribution in [0.5, 0.6) is 0 Å². The van der Waals surface area contributed by atoms with Crippen LogP contribution in [-0.4, -0.2) is 22.1 Å². The smallest absolute Gasteiger partial charge is 0.320 e. The number of aliphatic carboxylic acids is 1. The monoisotopic (exact) mass is 242 g/mol. The number of carboxylic acid groups (broad SMARTS) is 1. The van der Waals surface area contributed by atoms with Crippen LogP contribution in [0, 0.1) is 0 Å². The SMILES string of the molecule is N[C@H](Cc1cncc(-c2ccccc2)c1)C(=O)O. The predicted molar refractivity (Wildman–Crippen MR) is 69.0 cm³/mol. The van der Waals surface area contributed by atoms with E-state index in [1.54, 1.807) is 12.4 Å². The van der Waals surface area contributed by atoms with E-state index in [1.165, 1.54) is 0 Å². The van der Waals surface area contributed by atoms with Crippen LogP contribution in [0.2, 0.25) is 0 Å². The molecule has 0 amide bonds. The molecule has 1 aromatic heterocycles. The molecule has 2 aromatic rings. The minimum Gasteiger partial charge on any atom is -0.480 e. The van der Waals surface area contributed by atoms with Gasteiger partial charge in [-0.3, -0.25) is 9.78 Å². The van der Waals surface area contributed by atoms with E-state index in [2.05, 4.69) is 4.98 Å². The molecule has 4 heteroatoms.